The van der Waals surface area contributed by atoms with Crippen molar-refractivity contribution in [3.8, 4) is 0 Å². The smallest absolute Gasteiger partial charge is 0.241 e. The van der Waals surface area contributed by atoms with Gasteiger partial charge in [-0.15, -0.1) is 0 Å². The maximum Gasteiger partial charge on any atom is 0.241 e. The van der Waals surface area contributed by atoms with Crippen molar-refractivity contribution in [3.63, 3.8) is 0 Å². The van der Waals surface area contributed by atoms with Crippen LogP contribution in [0, 0.1) is 0 Å². The minimum Gasteiger partial charge on any atom is -0.353 e. The highest BCUT2D eigenvalue weighted by molar-refractivity contribution is 6.26. The summed E-state index contributed by atoms with van der Waals surface area (Å²) >= 11 is 0. The van der Waals surface area contributed by atoms with E-state index in [2.05, 4.69) is 0 Å². The Bertz CT molecular complexity index is 219. The second-order valence-electron chi connectivity index (χ2n) is 3.20. The van der Waals surface area contributed by atoms with Crippen LogP contribution in [0.4, 0.5) is 0 Å². The standard InChI is InChI=1S/C10H16O4/c1-5-6-14-10(7(2)11,8(3)12)9(4)13/h5-6H2,1-4H3. The van der Waals surface area contributed by atoms with E-state index in [4.69, 9.17) is 4.74 Å². The molecule has 0 aliphatic rings. The molecule has 0 aromatic carbocycles. The highest BCUT2D eigenvalue weighted by Gasteiger charge is 2.46. The lowest BCUT2D eigenvalue weighted by Crippen LogP contribution is -2.53. The maximum absolute atomic E-state index is 11.3. The SMILES string of the molecule is CCCOC(C(C)=O)(C(C)=O)C(C)=O. The summed E-state index contributed by atoms with van der Waals surface area (Å²) in [4.78, 5) is 33.9. The molecular weight excluding hydrogens is 184 g/mol. The van der Waals surface area contributed by atoms with Gasteiger partial charge in [-0.05, 0) is 27.2 Å². The third-order valence-corrected chi connectivity index (χ3v) is 2.01. The van der Waals surface area contributed by atoms with Crippen LogP contribution < -0.4 is 0 Å². The Labute approximate surface area is 83.6 Å². The number of rotatable bonds is 6. The Balaban J connectivity index is 5.06. The van der Waals surface area contributed by atoms with Gasteiger partial charge in [0, 0.05) is 6.61 Å². The number of Topliss-reactive ketones (excluding diaryl/α,β-unsaturated/α-hetero) is 3. The number of hydrogen-bond acceptors (Lipinski definition) is 4. The third kappa shape index (κ3) is 2.26. The van der Waals surface area contributed by atoms with Crippen LogP contribution in [0.15, 0.2) is 0 Å². The first-order valence-corrected chi connectivity index (χ1v) is 4.56. The van der Waals surface area contributed by atoms with Crippen LogP contribution in [-0.2, 0) is 19.1 Å². The highest BCUT2D eigenvalue weighted by atomic mass is 16.5. The van der Waals surface area contributed by atoms with E-state index in [0.717, 1.165) is 0 Å². The van der Waals surface area contributed by atoms with Crippen molar-refractivity contribution in [2.45, 2.75) is 39.7 Å². The summed E-state index contributed by atoms with van der Waals surface area (Å²) in [5.74, 6) is -1.65. The van der Waals surface area contributed by atoms with Crippen LogP contribution in [-0.4, -0.2) is 29.6 Å². The Kier molecular flexibility index (Phi) is 4.63. The number of carbonyl (C=O) groups excluding carboxylic acids is 3. The highest BCUT2D eigenvalue weighted by Crippen LogP contribution is 2.16. The molecule has 0 amide bonds. The molecule has 80 valence electrons. The molecule has 0 unspecified atom stereocenters. The minimum atomic E-state index is -1.87. The van der Waals surface area contributed by atoms with Crippen molar-refractivity contribution in [2.75, 3.05) is 6.61 Å². The summed E-state index contributed by atoms with van der Waals surface area (Å²) in [5, 5.41) is 0. The average molecular weight is 200 g/mol. The molecule has 4 heteroatoms. The first-order valence-electron chi connectivity index (χ1n) is 4.56. The Morgan fingerprint density at radius 3 is 1.57 bits per heavy atom. The molecule has 0 aliphatic carbocycles. The predicted octanol–water partition coefficient (Wildman–Crippen LogP) is 0.919. The zero-order chi connectivity index (χ0) is 11.4. The number of hydrogen-bond donors (Lipinski definition) is 0. The average Bonchev–Trinajstić information content (AvgIpc) is 2.03. The summed E-state index contributed by atoms with van der Waals surface area (Å²) in [6, 6.07) is 0. The molecular formula is C10H16O4. The summed E-state index contributed by atoms with van der Waals surface area (Å²) in [5.41, 5.74) is -1.87. The summed E-state index contributed by atoms with van der Waals surface area (Å²) in [6.07, 6.45) is 0.648. The quantitative estimate of drug-likeness (QED) is 0.598. The lowest BCUT2D eigenvalue weighted by molar-refractivity contribution is -0.163. The molecule has 0 rings (SSSR count). The van der Waals surface area contributed by atoms with E-state index in [1.165, 1.54) is 20.8 Å². The molecule has 14 heavy (non-hydrogen) atoms. The van der Waals surface area contributed by atoms with Crippen LogP contribution in [0.1, 0.15) is 34.1 Å². The van der Waals surface area contributed by atoms with Crippen LogP contribution in [0.25, 0.3) is 0 Å². The van der Waals surface area contributed by atoms with Crippen molar-refractivity contribution in [2.24, 2.45) is 0 Å². The number of ketones is 3. The zero-order valence-corrected chi connectivity index (χ0v) is 9.05. The van der Waals surface area contributed by atoms with Gasteiger partial charge in [0.1, 0.15) is 0 Å². The summed E-state index contributed by atoms with van der Waals surface area (Å²) in [7, 11) is 0. The normalized spacial score (nSPS) is 11.1. The van der Waals surface area contributed by atoms with Crippen molar-refractivity contribution >= 4 is 17.3 Å². The van der Waals surface area contributed by atoms with Crippen molar-refractivity contribution in [3.05, 3.63) is 0 Å². The monoisotopic (exact) mass is 200 g/mol. The van der Waals surface area contributed by atoms with Gasteiger partial charge in [0.15, 0.2) is 17.3 Å². The largest absolute Gasteiger partial charge is 0.353 e. The van der Waals surface area contributed by atoms with Gasteiger partial charge in [0.25, 0.3) is 0 Å². The van der Waals surface area contributed by atoms with Gasteiger partial charge < -0.3 is 4.74 Å². The van der Waals surface area contributed by atoms with Crippen LogP contribution >= 0.6 is 0 Å². The maximum atomic E-state index is 11.3. The van der Waals surface area contributed by atoms with Gasteiger partial charge in [0.2, 0.25) is 5.60 Å². The van der Waals surface area contributed by atoms with Crippen LogP contribution in [0.5, 0.6) is 0 Å². The van der Waals surface area contributed by atoms with Crippen molar-refractivity contribution in [1.29, 1.82) is 0 Å². The fraction of sp³-hybridized carbons (Fsp3) is 0.700. The molecule has 0 heterocycles. The molecule has 0 fully saturated rings. The number of ether oxygens (including phenoxy) is 1. The van der Waals surface area contributed by atoms with Crippen LogP contribution in [0.3, 0.4) is 0 Å². The number of carbonyl (C=O) groups is 3. The molecule has 0 radical (unpaired) electrons. The molecule has 0 bridgehead atoms. The lowest BCUT2D eigenvalue weighted by atomic mass is 9.90. The molecule has 0 N–H and O–H groups in total. The van der Waals surface area contributed by atoms with E-state index in [1.54, 1.807) is 0 Å². The fourth-order valence-corrected chi connectivity index (χ4v) is 1.30. The Morgan fingerprint density at radius 1 is 1.00 bits per heavy atom. The van der Waals surface area contributed by atoms with Gasteiger partial charge in [-0.1, -0.05) is 6.92 Å². The minimum absolute atomic E-state index is 0.221. The van der Waals surface area contributed by atoms with Gasteiger partial charge in [-0.3, -0.25) is 14.4 Å². The third-order valence-electron chi connectivity index (χ3n) is 2.01. The van der Waals surface area contributed by atoms with E-state index in [-0.39, 0.29) is 6.61 Å². The lowest BCUT2D eigenvalue weighted by Gasteiger charge is -2.25. The van der Waals surface area contributed by atoms with E-state index >= 15 is 0 Å². The van der Waals surface area contributed by atoms with E-state index in [0.29, 0.717) is 6.42 Å². The summed E-state index contributed by atoms with van der Waals surface area (Å²) in [6.45, 7) is 5.64. The zero-order valence-electron chi connectivity index (χ0n) is 9.05. The molecule has 0 saturated heterocycles. The van der Waals surface area contributed by atoms with Gasteiger partial charge in [0.05, 0.1) is 0 Å². The molecule has 0 aromatic heterocycles. The predicted molar refractivity (Wildman–Crippen MR) is 51.0 cm³/mol. The molecule has 0 atom stereocenters. The topological polar surface area (TPSA) is 60.4 Å². The van der Waals surface area contributed by atoms with Crippen molar-refractivity contribution in [1.82, 2.24) is 0 Å². The van der Waals surface area contributed by atoms with Gasteiger partial charge in [-0.2, -0.15) is 0 Å². The Morgan fingerprint density at radius 2 is 1.36 bits per heavy atom. The van der Waals surface area contributed by atoms with Crippen molar-refractivity contribution < 1.29 is 19.1 Å². The molecule has 4 nitrogen and oxygen atoms in total. The fourth-order valence-electron chi connectivity index (χ4n) is 1.30. The Hall–Kier alpha value is -1.03. The second kappa shape index (κ2) is 5.00. The van der Waals surface area contributed by atoms with E-state index in [9.17, 15) is 14.4 Å². The first-order chi connectivity index (χ1) is 6.39. The molecule has 0 spiro atoms. The van der Waals surface area contributed by atoms with Gasteiger partial charge >= 0.3 is 0 Å². The second-order valence-corrected chi connectivity index (χ2v) is 3.20. The summed E-state index contributed by atoms with van der Waals surface area (Å²) < 4.78 is 5.11. The van der Waals surface area contributed by atoms with Crippen LogP contribution in [0.2, 0.25) is 0 Å². The van der Waals surface area contributed by atoms with Gasteiger partial charge in [-0.25, -0.2) is 0 Å². The molecule has 0 aliphatic heterocycles. The molecule has 0 saturated carbocycles. The van der Waals surface area contributed by atoms with E-state index in [1.807, 2.05) is 6.92 Å². The van der Waals surface area contributed by atoms with E-state index < -0.39 is 23.0 Å². The first kappa shape index (κ1) is 13.0. The molecule has 0 aromatic rings.